The predicted molar refractivity (Wildman–Crippen MR) is 178 cm³/mol. The van der Waals surface area contributed by atoms with Crippen molar-refractivity contribution in [2.75, 3.05) is 0 Å². The van der Waals surface area contributed by atoms with Gasteiger partial charge in [-0.15, -0.1) is 0 Å². The molecule has 5 heterocycles. The summed E-state index contributed by atoms with van der Waals surface area (Å²) in [4.78, 5) is 17.6. The molecule has 5 heteroatoms. The molecule has 0 unspecified atom stereocenters. The average molecular weight is 605 g/mol. The standard InChI is InChI=1S/C38H34N4.Ni/c1-21-15-23(3)35(24(4)16-21)37-31-11-7-27(39-31)19-29-9-13-33(41-29)38(36-25(5)17-22(2)18-26(36)6)34-14-10-30(42-34)20-28-8-12-32(37)40-28;/h7-20,39,42H,1-6H3;/q;+2. The number of nitrogens with zero attached hydrogens (tertiary/aromatic N) is 2. The van der Waals surface area contributed by atoms with Gasteiger partial charge in [0.2, 0.25) is 0 Å². The SMILES string of the molecule is Cc1cc(C)c(-c2c3nc(cc4ccc([nH]4)c(-c4c(C)cc(C)cc4C)c4nc(cc5ccc2[nH]5)C=C4)C=C3)c(C)c1.[Ni+2]. The van der Waals surface area contributed by atoms with Gasteiger partial charge in [0.15, 0.2) is 0 Å². The fraction of sp³-hybridized carbons (Fsp3) is 0.158. The Bertz CT molecular complexity index is 1960. The molecule has 2 aromatic carbocycles. The Kier molecular flexibility index (Phi) is 7.32. The van der Waals surface area contributed by atoms with E-state index in [1.165, 1.54) is 44.5 Å². The number of fused-ring (bicyclic) bond motifs is 8. The zero-order valence-corrected chi connectivity index (χ0v) is 26.3. The van der Waals surface area contributed by atoms with Crippen molar-refractivity contribution in [2.24, 2.45) is 0 Å². The second-order valence-electron chi connectivity index (χ2n) is 11.8. The molecule has 214 valence electrons. The van der Waals surface area contributed by atoms with Gasteiger partial charge in [-0.2, -0.15) is 0 Å². The Morgan fingerprint density at radius 1 is 0.442 bits per heavy atom. The number of aromatic nitrogens is 4. The maximum Gasteiger partial charge on any atom is 2.00 e. The fourth-order valence-electron chi connectivity index (χ4n) is 6.75. The Balaban J connectivity index is 0.00000329. The number of aryl methyl sites for hydroxylation is 6. The molecule has 43 heavy (non-hydrogen) atoms. The molecule has 4 nitrogen and oxygen atoms in total. The van der Waals surface area contributed by atoms with Gasteiger partial charge in [-0.25, -0.2) is 9.97 Å². The first kappa shape index (κ1) is 28.6. The van der Waals surface area contributed by atoms with Gasteiger partial charge < -0.3 is 9.97 Å². The number of H-pyrrole nitrogens is 2. The van der Waals surface area contributed by atoms with E-state index in [1.807, 2.05) is 0 Å². The number of benzene rings is 2. The minimum absolute atomic E-state index is 0. The quantitative estimate of drug-likeness (QED) is 0.193. The van der Waals surface area contributed by atoms with Crippen LogP contribution in [0.3, 0.4) is 0 Å². The molecule has 3 aromatic heterocycles. The van der Waals surface area contributed by atoms with E-state index < -0.39 is 0 Å². The van der Waals surface area contributed by atoms with Crippen molar-refractivity contribution in [3.8, 4) is 22.3 Å². The van der Waals surface area contributed by atoms with Crippen molar-refractivity contribution in [1.29, 1.82) is 0 Å². The molecular formula is C38H34N4Ni+2. The van der Waals surface area contributed by atoms with E-state index in [-0.39, 0.29) is 16.5 Å². The maximum atomic E-state index is 5.13. The molecule has 7 rings (SSSR count). The summed E-state index contributed by atoms with van der Waals surface area (Å²) >= 11 is 0. The zero-order valence-electron chi connectivity index (χ0n) is 25.3. The van der Waals surface area contributed by atoms with Crippen LogP contribution in [0, 0.1) is 41.5 Å². The number of rotatable bonds is 2. The van der Waals surface area contributed by atoms with Crippen molar-refractivity contribution in [1.82, 2.24) is 19.9 Å². The van der Waals surface area contributed by atoms with Gasteiger partial charge in [0, 0.05) is 33.2 Å². The van der Waals surface area contributed by atoms with Gasteiger partial charge >= 0.3 is 16.5 Å². The van der Waals surface area contributed by atoms with Crippen LogP contribution in [0.15, 0.2) is 60.7 Å². The summed E-state index contributed by atoms with van der Waals surface area (Å²) in [5, 5.41) is 0. The minimum Gasteiger partial charge on any atom is -0.355 e. The summed E-state index contributed by atoms with van der Waals surface area (Å²) in [6.07, 6.45) is 8.47. The zero-order chi connectivity index (χ0) is 29.1. The third kappa shape index (κ3) is 5.19. The van der Waals surface area contributed by atoms with Crippen LogP contribution in [-0.2, 0) is 16.5 Å². The van der Waals surface area contributed by atoms with E-state index in [0.29, 0.717) is 0 Å². The molecule has 0 radical (unpaired) electrons. The molecule has 0 atom stereocenters. The van der Waals surface area contributed by atoms with E-state index in [2.05, 4.69) is 136 Å². The van der Waals surface area contributed by atoms with Crippen LogP contribution in [0.1, 0.15) is 56.2 Å². The Hall–Kier alpha value is -4.47. The van der Waals surface area contributed by atoms with Gasteiger partial charge in [-0.1, -0.05) is 35.4 Å². The average Bonchev–Trinajstić information content (AvgIpc) is 3.73. The number of nitrogens with one attached hydrogen (secondary N) is 2. The Labute approximate surface area is 262 Å². The van der Waals surface area contributed by atoms with Crippen LogP contribution in [0.25, 0.3) is 68.6 Å². The first-order valence-corrected chi connectivity index (χ1v) is 14.5. The second kappa shape index (κ2) is 11.0. The van der Waals surface area contributed by atoms with Crippen molar-refractivity contribution in [3.63, 3.8) is 0 Å². The van der Waals surface area contributed by atoms with Crippen molar-refractivity contribution >= 4 is 46.4 Å². The third-order valence-electron chi connectivity index (χ3n) is 8.25. The number of hydrogen-bond acceptors (Lipinski definition) is 2. The monoisotopic (exact) mass is 604 g/mol. The van der Waals surface area contributed by atoms with Crippen molar-refractivity contribution in [3.05, 3.63) is 117 Å². The van der Waals surface area contributed by atoms with Gasteiger partial charge in [0.25, 0.3) is 0 Å². The minimum atomic E-state index is 0. The van der Waals surface area contributed by atoms with Crippen LogP contribution in [0.4, 0.5) is 0 Å². The first-order chi connectivity index (χ1) is 20.2. The molecule has 2 aliphatic rings. The summed E-state index contributed by atoms with van der Waals surface area (Å²) in [5.74, 6) is 0. The topological polar surface area (TPSA) is 57.4 Å². The van der Waals surface area contributed by atoms with E-state index in [9.17, 15) is 0 Å². The normalized spacial score (nSPS) is 12.0. The number of aromatic amines is 2. The van der Waals surface area contributed by atoms with E-state index in [4.69, 9.17) is 9.97 Å². The Morgan fingerprint density at radius 3 is 1.19 bits per heavy atom. The second-order valence-corrected chi connectivity index (χ2v) is 11.8. The molecule has 0 saturated carbocycles. The van der Waals surface area contributed by atoms with Gasteiger partial charge in [-0.3, -0.25) is 0 Å². The molecule has 2 N–H and O–H groups in total. The van der Waals surface area contributed by atoms with E-state index >= 15 is 0 Å². The van der Waals surface area contributed by atoms with Gasteiger partial charge in [0.1, 0.15) is 0 Å². The first-order valence-electron chi connectivity index (χ1n) is 14.5. The summed E-state index contributed by atoms with van der Waals surface area (Å²) in [6.45, 7) is 13.1. The van der Waals surface area contributed by atoms with E-state index in [1.54, 1.807) is 0 Å². The molecular weight excluding hydrogens is 571 g/mol. The molecule has 0 amide bonds. The smallest absolute Gasteiger partial charge is 0.355 e. The van der Waals surface area contributed by atoms with Crippen LogP contribution in [-0.4, -0.2) is 19.9 Å². The maximum absolute atomic E-state index is 5.13. The molecule has 5 aromatic rings. The van der Waals surface area contributed by atoms with Gasteiger partial charge in [0.05, 0.1) is 22.8 Å². The summed E-state index contributed by atoms with van der Waals surface area (Å²) in [5.41, 5.74) is 20.0. The molecule has 8 bridgehead atoms. The van der Waals surface area contributed by atoms with Crippen molar-refractivity contribution in [2.45, 2.75) is 41.5 Å². The molecule has 0 spiro atoms. The molecule has 2 aliphatic heterocycles. The molecule has 0 fully saturated rings. The third-order valence-corrected chi connectivity index (χ3v) is 8.25. The van der Waals surface area contributed by atoms with Gasteiger partial charge in [-0.05, 0) is 136 Å². The molecule has 0 aliphatic carbocycles. The number of hydrogen-bond donors (Lipinski definition) is 2. The summed E-state index contributed by atoms with van der Waals surface area (Å²) in [6, 6.07) is 21.8. The van der Waals surface area contributed by atoms with Crippen LogP contribution in [0.2, 0.25) is 0 Å². The van der Waals surface area contributed by atoms with Crippen LogP contribution < -0.4 is 0 Å². The van der Waals surface area contributed by atoms with Crippen molar-refractivity contribution < 1.29 is 16.5 Å². The Morgan fingerprint density at radius 2 is 0.814 bits per heavy atom. The van der Waals surface area contributed by atoms with Crippen LogP contribution in [0.5, 0.6) is 0 Å². The van der Waals surface area contributed by atoms with E-state index in [0.717, 1.165) is 56.0 Å². The summed E-state index contributed by atoms with van der Waals surface area (Å²) < 4.78 is 0. The molecule has 0 saturated heterocycles. The summed E-state index contributed by atoms with van der Waals surface area (Å²) in [7, 11) is 0. The largest absolute Gasteiger partial charge is 2.00 e. The fourth-order valence-corrected chi connectivity index (χ4v) is 6.75. The predicted octanol–water partition coefficient (Wildman–Crippen LogP) is 9.84. The van der Waals surface area contributed by atoms with Crippen LogP contribution >= 0.6 is 0 Å².